The van der Waals surface area contributed by atoms with Crippen LogP contribution in [-0.4, -0.2) is 37.5 Å². The fraction of sp³-hybridized carbons (Fsp3) is 0.526. The molecule has 2 N–H and O–H groups in total. The number of nitrogens with one attached hydrogen (secondary N) is 2. The van der Waals surface area contributed by atoms with Gasteiger partial charge in [0, 0.05) is 12.6 Å². The molecule has 0 aliphatic rings. The summed E-state index contributed by atoms with van der Waals surface area (Å²) in [6.07, 6.45) is 0. The Kier molecular flexibility index (Phi) is 7.15. The van der Waals surface area contributed by atoms with Crippen molar-refractivity contribution in [2.24, 2.45) is 5.92 Å². The zero-order chi connectivity index (χ0) is 19.2. The van der Waals surface area contributed by atoms with Gasteiger partial charge in [0.05, 0.1) is 0 Å². The van der Waals surface area contributed by atoms with Crippen LogP contribution in [0.3, 0.4) is 0 Å². The van der Waals surface area contributed by atoms with Gasteiger partial charge < -0.3 is 15.4 Å². The van der Waals surface area contributed by atoms with E-state index in [0.717, 1.165) is 5.56 Å². The van der Waals surface area contributed by atoms with Crippen molar-refractivity contribution >= 4 is 17.8 Å². The van der Waals surface area contributed by atoms with Gasteiger partial charge in [0.15, 0.2) is 6.61 Å². The van der Waals surface area contributed by atoms with Gasteiger partial charge in [-0.3, -0.25) is 9.59 Å². The Morgan fingerprint density at radius 1 is 1.08 bits per heavy atom. The molecule has 6 nitrogen and oxygen atoms in total. The average molecular weight is 348 g/mol. The molecule has 0 aliphatic heterocycles. The summed E-state index contributed by atoms with van der Waals surface area (Å²) in [6, 6.07) is 6.47. The monoisotopic (exact) mass is 348 g/mol. The van der Waals surface area contributed by atoms with Crippen LogP contribution in [0.2, 0.25) is 0 Å². The van der Waals surface area contributed by atoms with E-state index in [2.05, 4.69) is 31.4 Å². The van der Waals surface area contributed by atoms with Crippen LogP contribution in [0.4, 0.5) is 0 Å². The van der Waals surface area contributed by atoms with Crippen molar-refractivity contribution in [3.05, 3.63) is 35.4 Å². The summed E-state index contributed by atoms with van der Waals surface area (Å²) in [5.74, 6) is -1.55. The van der Waals surface area contributed by atoms with Crippen LogP contribution in [0, 0.1) is 5.92 Å². The lowest BCUT2D eigenvalue weighted by molar-refractivity contribution is -0.151. The summed E-state index contributed by atoms with van der Waals surface area (Å²) < 4.78 is 4.95. The van der Waals surface area contributed by atoms with Crippen molar-refractivity contribution in [3.8, 4) is 0 Å². The molecular weight excluding hydrogens is 320 g/mol. The van der Waals surface area contributed by atoms with Crippen LogP contribution in [0.5, 0.6) is 0 Å². The fourth-order valence-corrected chi connectivity index (χ4v) is 2.14. The molecule has 0 aliphatic carbocycles. The maximum Gasteiger partial charge on any atom is 0.329 e. The van der Waals surface area contributed by atoms with Crippen molar-refractivity contribution < 1.29 is 19.1 Å². The molecule has 1 aromatic rings. The third kappa shape index (κ3) is 6.21. The molecule has 25 heavy (non-hydrogen) atoms. The molecule has 0 saturated heterocycles. The lowest BCUT2D eigenvalue weighted by Crippen LogP contribution is -2.46. The molecule has 0 spiro atoms. The molecule has 1 atom stereocenters. The number of carbonyl (C=O) groups excluding carboxylic acids is 3. The Balaban J connectivity index is 2.79. The zero-order valence-corrected chi connectivity index (χ0v) is 15.8. The summed E-state index contributed by atoms with van der Waals surface area (Å²) in [5.41, 5.74) is 1.59. The van der Waals surface area contributed by atoms with Crippen molar-refractivity contribution in [1.29, 1.82) is 0 Å². The Morgan fingerprint density at radius 3 is 2.08 bits per heavy atom. The summed E-state index contributed by atoms with van der Waals surface area (Å²) in [6.45, 7) is 9.52. The lowest BCUT2D eigenvalue weighted by Gasteiger charge is -2.21. The largest absolute Gasteiger partial charge is 0.454 e. The van der Waals surface area contributed by atoms with E-state index in [1.165, 1.54) is 7.05 Å². The molecule has 1 unspecified atom stereocenters. The van der Waals surface area contributed by atoms with Gasteiger partial charge in [-0.1, -0.05) is 46.8 Å². The van der Waals surface area contributed by atoms with E-state index >= 15 is 0 Å². The van der Waals surface area contributed by atoms with Gasteiger partial charge in [0.2, 0.25) is 0 Å². The Morgan fingerprint density at radius 2 is 1.64 bits per heavy atom. The lowest BCUT2D eigenvalue weighted by atomic mass is 9.86. The van der Waals surface area contributed by atoms with Gasteiger partial charge in [-0.05, 0) is 29.0 Å². The van der Waals surface area contributed by atoms with Gasteiger partial charge in [-0.2, -0.15) is 0 Å². The predicted molar refractivity (Wildman–Crippen MR) is 96.3 cm³/mol. The zero-order valence-electron chi connectivity index (χ0n) is 15.8. The van der Waals surface area contributed by atoms with Gasteiger partial charge in [0.1, 0.15) is 6.04 Å². The van der Waals surface area contributed by atoms with Crippen molar-refractivity contribution in [2.45, 2.75) is 46.1 Å². The van der Waals surface area contributed by atoms with E-state index < -0.39 is 17.9 Å². The quantitative estimate of drug-likeness (QED) is 0.771. The van der Waals surface area contributed by atoms with E-state index in [9.17, 15) is 14.4 Å². The Bertz CT molecular complexity index is 615. The molecule has 0 bridgehead atoms. The van der Waals surface area contributed by atoms with Gasteiger partial charge in [-0.25, -0.2) is 4.79 Å². The summed E-state index contributed by atoms with van der Waals surface area (Å²) in [7, 11) is 1.46. The van der Waals surface area contributed by atoms with E-state index in [1.807, 2.05) is 12.1 Å². The minimum Gasteiger partial charge on any atom is -0.454 e. The second-order valence-electron chi connectivity index (χ2n) is 7.30. The number of amides is 2. The minimum atomic E-state index is -0.820. The van der Waals surface area contributed by atoms with Gasteiger partial charge in [0.25, 0.3) is 11.8 Å². The van der Waals surface area contributed by atoms with Crippen molar-refractivity contribution in [1.82, 2.24) is 10.6 Å². The summed E-state index contributed by atoms with van der Waals surface area (Å²) >= 11 is 0. The second kappa shape index (κ2) is 8.65. The first kappa shape index (κ1) is 20.7. The molecular formula is C19H28N2O4. The summed E-state index contributed by atoms with van der Waals surface area (Å²) in [5, 5.41) is 5.06. The maximum atomic E-state index is 12.4. The van der Waals surface area contributed by atoms with Crippen LogP contribution in [-0.2, 0) is 19.7 Å². The van der Waals surface area contributed by atoms with E-state index in [4.69, 9.17) is 4.74 Å². The van der Waals surface area contributed by atoms with Crippen LogP contribution < -0.4 is 10.6 Å². The number of benzene rings is 1. The summed E-state index contributed by atoms with van der Waals surface area (Å²) in [4.78, 5) is 35.8. The number of likely N-dealkylation sites (N-methyl/N-ethyl adjacent to an activating group) is 1. The molecule has 0 aromatic heterocycles. The molecule has 2 amide bonds. The van der Waals surface area contributed by atoms with E-state index in [-0.39, 0.29) is 23.8 Å². The van der Waals surface area contributed by atoms with Crippen LogP contribution in [0.25, 0.3) is 0 Å². The second-order valence-corrected chi connectivity index (χ2v) is 7.30. The van der Waals surface area contributed by atoms with Gasteiger partial charge in [-0.15, -0.1) is 0 Å². The molecule has 138 valence electrons. The molecule has 1 rings (SSSR count). The number of rotatable bonds is 6. The third-order valence-corrected chi connectivity index (χ3v) is 3.84. The SMILES string of the molecule is CNC(=O)COC(=O)C(NC(=O)c1ccc(C(C)(C)C)cc1)C(C)C. The number of hydrogen-bond acceptors (Lipinski definition) is 4. The van der Waals surface area contributed by atoms with Crippen LogP contribution >= 0.6 is 0 Å². The van der Waals surface area contributed by atoms with Crippen LogP contribution in [0.1, 0.15) is 50.5 Å². The van der Waals surface area contributed by atoms with Crippen molar-refractivity contribution in [2.75, 3.05) is 13.7 Å². The Labute approximate surface area is 149 Å². The first-order chi connectivity index (χ1) is 11.6. The van der Waals surface area contributed by atoms with Crippen LogP contribution in [0.15, 0.2) is 24.3 Å². The first-order valence-electron chi connectivity index (χ1n) is 8.35. The van der Waals surface area contributed by atoms with E-state index in [1.54, 1.807) is 26.0 Å². The minimum absolute atomic E-state index is 0.000862. The first-order valence-corrected chi connectivity index (χ1v) is 8.35. The topological polar surface area (TPSA) is 84.5 Å². The maximum absolute atomic E-state index is 12.4. The Hall–Kier alpha value is -2.37. The molecule has 0 heterocycles. The molecule has 1 aromatic carbocycles. The van der Waals surface area contributed by atoms with Gasteiger partial charge >= 0.3 is 5.97 Å². The molecule has 0 saturated carbocycles. The standard InChI is InChI=1S/C19H28N2O4/c1-12(2)16(18(24)25-11-15(22)20-6)21-17(23)13-7-9-14(10-8-13)19(3,4)5/h7-10,12,16H,11H2,1-6H3,(H,20,22)(H,21,23). The molecule has 0 radical (unpaired) electrons. The third-order valence-electron chi connectivity index (χ3n) is 3.84. The highest BCUT2D eigenvalue weighted by atomic mass is 16.5. The van der Waals surface area contributed by atoms with E-state index in [0.29, 0.717) is 5.56 Å². The van der Waals surface area contributed by atoms with Crippen molar-refractivity contribution in [3.63, 3.8) is 0 Å². The fourth-order valence-electron chi connectivity index (χ4n) is 2.14. The highest BCUT2D eigenvalue weighted by Gasteiger charge is 2.26. The highest BCUT2D eigenvalue weighted by Crippen LogP contribution is 2.22. The number of carbonyl (C=O) groups is 3. The predicted octanol–water partition coefficient (Wildman–Crippen LogP) is 2.03. The smallest absolute Gasteiger partial charge is 0.329 e. The average Bonchev–Trinajstić information content (AvgIpc) is 2.55. The number of hydrogen-bond donors (Lipinski definition) is 2. The molecule has 0 fully saturated rings. The normalized spacial score (nSPS) is 12.4. The highest BCUT2D eigenvalue weighted by molar-refractivity contribution is 5.97. The molecule has 6 heteroatoms. The number of esters is 1. The number of ether oxygens (including phenoxy) is 1.